The summed E-state index contributed by atoms with van der Waals surface area (Å²) in [5.41, 5.74) is 0.590. The molecule has 0 unspecified atom stereocenters. The number of halogens is 1. The van der Waals surface area contributed by atoms with E-state index in [0.29, 0.717) is 40.6 Å². The van der Waals surface area contributed by atoms with Crippen LogP contribution in [0.1, 0.15) is 46.8 Å². The molecule has 3 aromatic rings. The molecule has 1 aliphatic heterocycles. The Morgan fingerprint density at radius 3 is 2.57 bits per heavy atom. The average molecular weight is 400 g/mol. The highest BCUT2D eigenvalue weighted by Gasteiger charge is 2.29. The van der Waals surface area contributed by atoms with Gasteiger partial charge in [-0.1, -0.05) is 18.5 Å². The molecule has 4 rings (SSSR count). The van der Waals surface area contributed by atoms with E-state index in [1.807, 2.05) is 26.0 Å². The van der Waals surface area contributed by atoms with Gasteiger partial charge < -0.3 is 20.4 Å². The van der Waals surface area contributed by atoms with Gasteiger partial charge in [0.25, 0.3) is 16.8 Å². The smallest absolute Gasteiger partial charge is 0.254 e. The van der Waals surface area contributed by atoms with E-state index in [4.69, 9.17) is 16.0 Å². The molecule has 28 heavy (non-hydrogen) atoms. The van der Waals surface area contributed by atoms with E-state index in [9.17, 15) is 14.4 Å². The Morgan fingerprint density at radius 2 is 1.89 bits per heavy atom. The number of carbonyl (C=O) groups is 1. The molecule has 0 fully saturated rings. The van der Waals surface area contributed by atoms with E-state index in [-0.39, 0.29) is 23.3 Å². The van der Waals surface area contributed by atoms with Crippen molar-refractivity contribution >= 4 is 34.6 Å². The fourth-order valence-corrected chi connectivity index (χ4v) is 3.61. The first-order valence-electron chi connectivity index (χ1n) is 8.93. The van der Waals surface area contributed by atoms with Gasteiger partial charge in [0.2, 0.25) is 0 Å². The van der Waals surface area contributed by atoms with Gasteiger partial charge in [-0.2, -0.15) is 0 Å². The zero-order valence-corrected chi connectivity index (χ0v) is 16.1. The van der Waals surface area contributed by atoms with Crippen molar-refractivity contribution in [1.82, 2.24) is 5.32 Å². The summed E-state index contributed by atoms with van der Waals surface area (Å²) in [6.45, 7) is 4.12. The van der Waals surface area contributed by atoms with Crippen molar-refractivity contribution in [3.05, 3.63) is 72.4 Å². The highest BCUT2D eigenvalue weighted by Crippen LogP contribution is 2.34. The van der Waals surface area contributed by atoms with Gasteiger partial charge in [0.05, 0.1) is 17.3 Å². The van der Waals surface area contributed by atoms with Crippen molar-refractivity contribution in [2.24, 2.45) is 0 Å². The fraction of sp³-hybridized carbons (Fsp3) is 0.250. The maximum atomic E-state index is 12.2. The minimum absolute atomic E-state index is 0.135. The second kappa shape index (κ2) is 6.83. The summed E-state index contributed by atoms with van der Waals surface area (Å²) in [6, 6.07) is 6.71. The molecule has 0 spiro atoms. The van der Waals surface area contributed by atoms with Crippen LogP contribution in [-0.4, -0.2) is 5.91 Å². The number of hydrogen-bond acceptors (Lipinski definition) is 6. The fourth-order valence-electron chi connectivity index (χ4n) is 3.39. The van der Waals surface area contributed by atoms with Crippen LogP contribution < -0.4 is 26.8 Å². The van der Waals surface area contributed by atoms with Crippen molar-refractivity contribution in [3.8, 4) is 0 Å². The van der Waals surface area contributed by atoms with E-state index in [2.05, 4.69) is 16.0 Å². The summed E-state index contributed by atoms with van der Waals surface area (Å²) in [4.78, 5) is 36.5. The van der Waals surface area contributed by atoms with Crippen molar-refractivity contribution in [3.63, 3.8) is 0 Å². The van der Waals surface area contributed by atoms with Gasteiger partial charge in [0, 0.05) is 17.1 Å². The Morgan fingerprint density at radius 1 is 1.14 bits per heavy atom. The van der Waals surface area contributed by atoms with Gasteiger partial charge in [-0.25, -0.2) is 0 Å². The Bertz CT molecular complexity index is 1160. The number of amides is 1. The zero-order valence-electron chi connectivity index (χ0n) is 15.3. The van der Waals surface area contributed by atoms with Crippen LogP contribution in [0.25, 0.3) is 0 Å². The molecule has 1 aliphatic rings. The van der Waals surface area contributed by atoms with Gasteiger partial charge in [0.1, 0.15) is 22.9 Å². The van der Waals surface area contributed by atoms with Crippen LogP contribution in [0.5, 0.6) is 0 Å². The molecule has 144 valence electrons. The van der Waals surface area contributed by atoms with E-state index in [1.54, 1.807) is 12.1 Å². The lowest BCUT2D eigenvalue weighted by Gasteiger charge is -2.21. The molecule has 0 saturated carbocycles. The second-order valence-electron chi connectivity index (χ2n) is 6.72. The summed E-state index contributed by atoms with van der Waals surface area (Å²) in [6.07, 6.45) is 0.657. The predicted octanol–water partition coefficient (Wildman–Crippen LogP) is 3.39. The molecule has 1 aromatic heterocycles. The first-order valence-corrected chi connectivity index (χ1v) is 9.31. The zero-order chi connectivity index (χ0) is 20.0. The maximum absolute atomic E-state index is 12.2. The highest BCUT2D eigenvalue weighted by atomic mass is 35.5. The molecule has 0 radical (unpaired) electrons. The lowest BCUT2D eigenvalue weighted by Crippen LogP contribution is -2.37. The molecule has 0 bridgehead atoms. The first kappa shape index (κ1) is 18.3. The molecule has 0 aliphatic carbocycles. The van der Waals surface area contributed by atoms with Crippen LogP contribution in [0.3, 0.4) is 0 Å². The van der Waals surface area contributed by atoms with Crippen LogP contribution >= 0.6 is 11.6 Å². The number of benzene rings is 1. The lowest BCUT2D eigenvalue weighted by atomic mass is 10.1. The Hall–Kier alpha value is -3.06. The monoisotopic (exact) mass is 399 g/mol. The van der Waals surface area contributed by atoms with Crippen molar-refractivity contribution in [2.75, 3.05) is 10.6 Å². The molecule has 0 saturated heterocycles. The van der Waals surface area contributed by atoms with Crippen molar-refractivity contribution < 1.29 is 9.21 Å². The number of anilines is 3. The average Bonchev–Trinajstić information content (AvgIpc) is 3.29. The molecule has 1 atom stereocenters. The van der Waals surface area contributed by atoms with E-state index < -0.39 is 10.9 Å². The van der Waals surface area contributed by atoms with E-state index in [1.165, 1.54) is 0 Å². The standard InChI is InChI=1S/C20H18ClN3O4/c1-3-12(14-7-4-9(2)28-14)23-16-17(19(26)18(16)25)24-13-6-5-11(21)10-8-22-20(27)15(10)13/h4-7,12,23-24H,3,8H2,1-2H3,(H,22,27)/t12-/m1/s1. The number of hydrogen-bond donors (Lipinski definition) is 3. The SMILES string of the molecule is CC[C@@H](Nc1c(Nc2ccc(Cl)c3c2C(=O)NC3)c(=O)c1=O)c1ccc(C)o1. The second-order valence-corrected chi connectivity index (χ2v) is 7.13. The van der Waals surface area contributed by atoms with Gasteiger partial charge in [-0.3, -0.25) is 14.4 Å². The Kier molecular flexibility index (Phi) is 4.47. The van der Waals surface area contributed by atoms with Crippen molar-refractivity contribution in [1.29, 1.82) is 0 Å². The maximum Gasteiger partial charge on any atom is 0.254 e. The number of rotatable bonds is 6. The highest BCUT2D eigenvalue weighted by molar-refractivity contribution is 6.32. The van der Waals surface area contributed by atoms with Gasteiger partial charge in [0.15, 0.2) is 0 Å². The summed E-state index contributed by atoms with van der Waals surface area (Å²) in [5.74, 6) is 1.18. The quantitative estimate of drug-likeness (QED) is 0.549. The third kappa shape index (κ3) is 2.88. The van der Waals surface area contributed by atoms with Gasteiger partial charge in [-0.05, 0) is 37.6 Å². The number of aryl methyl sites for hydroxylation is 1. The van der Waals surface area contributed by atoms with Crippen LogP contribution in [0.2, 0.25) is 5.02 Å². The molecule has 2 heterocycles. The first-order chi connectivity index (χ1) is 13.4. The normalized spacial score (nSPS) is 14.0. The van der Waals surface area contributed by atoms with Crippen LogP contribution in [0, 0.1) is 6.92 Å². The van der Waals surface area contributed by atoms with Crippen LogP contribution in [0.4, 0.5) is 17.1 Å². The third-order valence-corrected chi connectivity index (χ3v) is 5.26. The molecule has 1 amide bonds. The minimum Gasteiger partial charge on any atom is -0.464 e. The van der Waals surface area contributed by atoms with E-state index in [0.717, 1.165) is 5.76 Å². The summed E-state index contributed by atoms with van der Waals surface area (Å²) >= 11 is 6.15. The van der Waals surface area contributed by atoms with Crippen molar-refractivity contribution in [2.45, 2.75) is 32.9 Å². The van der Waals surface area contributed by atoms with Gasteiger partial charge >= 0.3 is 0 Å². The molecule has 8 heteroatoms. The molecule has 3 N–H and O–H groups in total. The summed E-state index contributed by atoms with van der Waals surface area (Å²) in [7, 11) is 0. The van der Waals surface area contributed by atoms with Gasteiger partial charge in [-0.15, -0.1) is 0 Å². The predicted molar refractivity (Wildman–Crippen MR) is 107 cm³/mol. The topological polar surface area (TPSA) is 100 Å². The number of fused-ring (bicyclic) bond motifs is 1. The van der Waals surface area contributed by atoms with Crippen LogP contribution in [-0.2, 0) is 6.54 Å². The summed E-state index contributed by atoms with van der Waals surface area (Å²) in [5, 5.41) is 9.24. The molecule has 7 nitrogen and oxygen atoms in total. The molecular weight excluding hydrogens is 382 g/mol. The Labute approximate surface area is 165 Å². The van der Waals surface area contributed by atoms with E-state index >= 15 is 0 Å². The molecule has 2 aromatic carbocycles. The Balaban J connectivity index is 1.66. The lowest BCUT2D eigenvalue weighted by molar-refractivity contribution is 0.0966. The number of furan rings is 1. The van der Waals surface area contributed by atoms with Crippen LogP contribution in [0.15, 0.2) is 38.3 Å². The largest absolute Gasteiger partial charge is 0.464 e. The molecular formula is C20H18ClN3O4. The summed E-state index contributed by atoms with van der Waals surface area (Å²) < 4.78 is 5.64. The minimum atomic E-state index is -0.630. The third-order valence-electron chi connectivity index (χ3n) is 4.91. The number of carbonyl (C=O) groups excluding carboxylic acids is 1. The number of nitrogens with one attached hydrogen (secondary N) is 3.